The highest BCUT2D eigenvalue weighted by atomic mass is 19.1. The smallest absolute Gasteiger partial charge is 0.295 e. The lowest BCUT2D eigenvalue weighted by atomic mass is 10.1. The van der Waals surface area contributed by atoms with E-state index in [9.17, 15) is 19.6 Å². The van der Waals surface area contributed by atoms with Gasteiger partial charge in [0.2, 0.25) is 0 Å². The molecule has 2 N–H and O–H groups in total. The molecule has 20 heavy (non-hydrogen) atoms. The van der Waals surface area contributed by atoms with Crippen molar-refractivity contribution in [3.8, 4) is 5.75 Å². The average Bonchev–Trinajstić information content (AvgIpc) is 2.35. The van der Waals surface area contributed by atoms with Crippen molar-refractivity contribution in [3.63, 3.8) is 0 Å². The van der Waals surface area contributed by atoms with Crippen LogP contribution in [0.15, 0.2) is 12.1 Å². The van der Waals surface area contributed by atoms with Crippen molar-refractivity contribution in [2.45, 2.75) is 26.4 Å². The molecule has 0 aliphatic heterocycles. The van der Waals surface area contributed by atoms with Crippen molar-refractivity contribution in [2.75, 3.05) is 19.0 Å². The van der Waals surface area contributed by atoms with Crippen molar-refractivity contribution in [1.29, 1.82) is 0 Å². The van der Waals surface area contributed by atoms with Crippen molar-refractivity contribution < 1.29 is 19.2 Å². The van der Waals surface area contributed by atoms with Crippen LogP contribution in [0, 0.1) is 21.8 Å². The Balaban J connectivity index is 2.89. The highest BCUT2D eigenvalue weighted by molar-refractivity contribution is 5.64. The third-order valence-corrected chi connectivity index (χ3v) is 2.74. The Bertz CT molecular complexity index is 480. The van der Waals surface area contributed by atoms with Crippen LogP contribution in [0.25, 0.3) is 0 Å². The molecular weight excluding hydrogens is 267 g/mol. The van der Waals surface area contributed by atoms with Gasteiger partial charge >= 0.3 is 0 Å². The molecular formula is C13H19FN2O4. The number of benzene rings is 1. The molecule has 0 amide bonds. The summed E-state index contributed by atoms with van der Waals surface area (Å²) in [4.78, 5) is 10.2. The topological polar surface area (TPSA) is 84.6 Å². The van der Waals surface area contributed by atoms with Crippen LogP contribution >= 0.6 is 0 Å². The van der Waals surface area contributed by atoms with Crippen LogP contribution in [0.5, 0.6) is 5.75 Å². The molecule has 1 atom stereocenters. The fraction of sp³-hybridized carbons (Fsp3) is 0.538. The van der Waals surface area contributed by atoms with E-state index in [1.807, 2.05) is 13.8 Å². The molecule has 1 rings (SSSR count). The number of nitrogens with one attached hydrogen (secondary N) is 1. The van der Waals surface area contributed by atoms with Gasteiger partial charge in [-0.25, -0.2) is 4.39 Å². The van der Waals surface area contributed by atoms with Crippen LogP contribution in [0.2, 0.25) is 0 Å². The van der Waals surface area contributed by atoms with Crippen molar-refractivity contribution in [1.82, 2.24) is 0 Å². The zero-order valence-electron chi connectivity index (χ0n) is 11.7. The Labute approximate surface area is 116 Å². The molecule has 0 fully saturated rings. The number of hydrogen-bond acceptors (Lipinski definition) is 5. The maximum Gasteiger partial charge on any atom is 0.295 e. The molecule has 0 saturated carbocycles. The zero-order valence-corrected chi connectivity index (χ0v) is 11.7. The normalized spacial score (nSPS) is 12.3. The number of anilines is 1. The van der Waals surface area contributed by atoms with Crippen LogP contribution in [0.3, 0.4) is 0 Å². The number of ether oxygens (including phenoxy) is 1. The van der Waals surface area contributed by atoms with Crippen molar-refractivity contribution in [3.05, 3.63) is 28.1 Å². The minimum atomic E-state index is -0.799. The fourth-order valence-corrected chi connectivity index (χ4v) is 1.85. The summed E-state index contributed by atoms with van der Waals surface area (Å²) in [5, 5.41) is 23.4. The maximum atomic E-state index is 13.5. The van der Waals surface area contributed by atoms with E-state index in [0.717, 1.165) is 6.07 Å². The summed E-state index contributed by atoms with van der Waals surface area (Å²) < 4.78 is 18.2. The number of methoxy groups -OCH3 is 1. The number of rotatable bonds is 7. The largest absolute Gasteiger partial charge is 0.494 e. The van der Waals surface area contributed by atoms with Gasteiger partial charge < -0.3 is 15.2 Å². The van der Waals surface area contributed by atoms with Gasteiger partial charge in [-0.3, -0.25) is 10.1 Å². The quantitative estimate of drug-likeness (QED) is 0.594. The van der Waals surface area contributed by atoms with Gasteiger partial charge in [0.15, 0.2) is 11.6 Å². The standard InChI is InChI=1S/C13H19FN2O4/c1-8(2)4-9(17)7-15-11-6-13(20-3)10(14)5-12(11)16(18)19/h5-6,8-9,15,17H,4,7H2,1-3H3. The second kappa shape index (κ2) is 7.04. The van der Waals surface area contributed by atoms with Gasteiger partial charge in [0.1, 0.15) is 5.69 Å². The number of aliphatic hydroxyl groups is 1. The molecule has 0 aliphatic rings. The number of nitro groups is 1. The van der Waals surface area contributed by atoms with E-state index in [0.29, 0.717) is 12.3 Å². The summed E-state index contributed by atoms with van der Waals surface area (Å²) >= 11 is 0. The minimum absolute atomic E-state index is 0.0866. The first-order valence-corrected chi connectivity index (χ1v) is 6.29. The summed E-state index contributed by atoms with van der Waals surface area (Å²) in [7, 11) is 1.28. The van der Waals surface area contributed by atoms with Gasteiger partial charge in [-0.05, 0) is 12.3 Å². The van der Waals surface area contributed by atoms with E-state index in [-0.39, 0.29) is 23.7 Å². The molecule has 0 aromatic heterocycles. The number of hydrogen-bond donors (Lipinski definition) is 2. The highest BCUT2D eigenvalue weighted by Crippen LogP contribution is 2.31. The van der Waals surface area contributed by atoms with Gasteiger partial charge in [0.25, 0.3) is 5.69 Å². The third kappa shape index (κ3) is 4.34. The molecule has 1 aromatic carbocycles. The van der Waals surface area contributed by atoms with Gasteiger partial charge in [-0.2, -0.15) is 0 Å². The Morgan fingerprint density at radius 1 is 1.50 bits per heavy atom. The van der Waals surface area contributed by atoms with Crippen LogP contribution in [-0.4, -0.2) is 29.8 Å². The van der Waals surface area contributed by atoms with E-state index >= 15 is 0 Å². The Hall–Kier alpha value is -1.89. The van der Waals surface area contributed by atoms with Gasteiger partial charge in [-0.15, -0.1) is 0 Å². The van der Waals surface area contributed by atoms with E-state index < -0.39 is 16.8 Å². The van der Waals surface area contributed by atoms with Gasteiger partial charge in [0, 0.05) is 12.6 Å². The molecule has 0 saturated heterocycles. The second-order valence-electron chi connectivity index (χ2n) is 4.93. The second-order valence-corrected chi connectivity index (χ2v) is 4.93. The number of aliphatic hydroxyl groups excluding tert-OH is 1. The first-order chi connectivity index (χ1) is 9.35. The number of nitrogens with zero attached hydrogens (tertiary/aromatic N) is 1. The molecule has 0 heterocycles. The monoisotopic (exact) mass is 286 g/mol. The van der Waals surface area contributed by atoms with E-state index in [1.54, 1.807) is 0 Å². The molecule has 6 nitrogen and oxygen atoms in total. The lowest BCUT2D eigenvalue weighted by Gasteiger charge is -2.15. The average molecular weight is 286 g/mol. The molecule has 7 heteroatoms. The summed E-state index contributed by atoms with van der Waals surface area (Å²) in [6.07, 6.45) is -0.0651. The predicted molar refractivity (Wildman–Crippen MR) is 73.6 cm³/mol. The third-order valence-electron chi connectivity index (χ3n) is 2.74. The van der Waals surface area contributed by atoms with Crippen molar-refractivity contribution in [2.24, 2.45) is 5.92 Å². The van der Waals surface area contributed by atoms with Crippen molar-refractivity contribution >= 4 is 11.4 Å². The molecule has 1 aromatic rings. The lowest BCUT2D eigenvalue weighted by Crippen LogP contribution is -2.21. The summed E-state index contributed by atoms with van der Waals surface area (Å²) in [6, 6.07) is 2.02. The van der Waals surface area contributed by atoms with E-state index in [2.05, 4.69) is 5.32 Å². The molecule has 0 spiro atoms. The van der Waals surface area contributed by atoms with Crippen LogP contribution in [0.1, 0.15) is 20.3 Å². The predicted octanol–water partition coefficient (Wildman–Crippen LogP) is 2.56. The van der Waals surface area contributed by atoms with E-state index in [1.165, 1.54) is 13.2 Å². The first kappa shape index (κ1) is 16.2. The fourth-order valence-electron chi connectivity index (χ4n) is 1.85. The van der Waals surface area contributed by atoms with Crippen LogP contribution in [0.4, 0.5) is 15.8 Å². The zero-order chi connectivity index (χ0) is 15.3. The van der Waals surface area contributed by atoms with E-state index in [4.69, 9.17) is 4.74 Å². The summed E-state index contributed by atoms with van der Waals surface area (Å²) in [5.74, 6) is -0.575. The first-order valence-electron chi connectivity index (χ1n) is 6.29. The molecule has 112 valence electrons. The summed E-state index contributed by atoms with van der Waals surface area (Å²) in [5.41, 5.74) is -0.267. The Morgan fingerprint density at radius 3 is 2.65 bits per heavy atom. The van der Waals surface area contributed by atoms with Gasteiger partial charge in [-0.1, -0.05) is 13.8 Å². The molecule has 0 bridgehead atoms. The number of halogens is 1. The lowest BCUT2D eigenvalue weighted by molar-refractivity contribution is -0.384. The van der Waals surface area contributed by atoms with Crippen LogP contribution < -0.4 is 10.1 Å². The summed E-state index contributed by atoms with van der Waals surface area (Å²) in [6.45, 7) is 4.08. The van der Waals surface area contributed by atoms with Crippen LogP contribution in [-0.2, 0) is 0 Å². The molecule has 0 radical (unpaired) electrons. The number of nitro benzene ring substituents is 1. The SMILES string of the molecule is COc1cc(NCC(O)CC(C)C)c([N+](=O)[O-])cc1F. The van der Waals surface area contributed by atoms with Gasteiger partial charge in [0.05, 0.1) is 24.2 Å². The Kier molecular flexibility index (Phi) is 5.69. The Morgan fingerprint density at radius 2 is 2.15 bits per heavy atom. The molecule has 0 aliphatic carbocycles. The molecule has 1 unspecified atom stereocenters. The highest BCUT2D eigenvalue weighted by Gasteiger charge is 2.19. The maximum absolute atomic E-state index is 13.5. The minimum Gasteiger partial charge on any atom is -0.494 e.